The highest BCUT2D eigenvalue weighted by Gasteiger charge is 2.24. The van der Waals surface area contributed by atoms with E-state index >= 15 is 0 Å². The normalized spacial score (nSPS) is 15.2. The molecular formula is C18H13FN2O3. The van der Waals surface area contributed by atoms with E-state index in [1.807, 2.05) is 0 Å². The number of esters is 1. The molecule has 1 aliphatic rings. The molecule has 3 rings (SSSR count). The standard InChI is InChI=1S/C18H13FN2O3/c1-11(22)20-15-8-4-13(5-9-15)17-21-16(18(23)24-17)10-12-2-6-14(19)7-3-12/h2-10H,1H3,(H,20,22)/b16-10+. The molecule has 0 unspecified atom stereocenters. The first-order chi connectivity index (χ1) is 11.5. The third-order valence-corrected chi connectivity index (χ3v) is 3.25. The van der Waals surface area contributed by atoms with Crippen LogP contribution >= 0.6 is 0 Å². The van der Waals surface area contributed by atoms with Crippen molar-refractivity contribution in [2.45, 2.75) is 6.92 Å². The predicted octanol–water partition coefficient (Wildman–Crippen LogP) is 3.13. The van der Waals surface area contributed by atoms with E-state index < -0.39 is 5.97 Å². The molecule has 0 saturated heterocycles. The van der Waals surface area contributed by atoms with E-state index in [-0.39, 0.29) is 23.3 Å². The number of anilines is 1. The van der Waals surface area contributed by atoms with Crippen molar-refractivity contribution in [3.63, 3.8) is 0 Å². The minimum atomic E-state index is -0.569. The minimum absolute atomic E-state index is 0.141. The Morgan fingerprint density at radius 2 is 1.79 bits per heavy atom. The van der Waals surface area contributed by atoms with E-state index in [9.17, 15) is 14.0 Å². The molecule has 2 aromatic carbocycles. The van der Waals surface area contributed by atoms with Crippen LogP contribution in [-0.4, -0.2) is 17.8 Å². The first-order valence-electron chi connectivity index (χ1n) is 7.17. The first-order valence-corrected chi connectivity index (χ1v) is 7.17. The van der Waals surface area contributed by atoms with Gasteiger partial charge in [0.15, 0.2) is 5.70 Å². The second-order valence-corrected chi connectivity index (χ2v) is 5.15. The SMILES string of the molecule is CC(=O)Nc1ccc(C2=N/C(=C/c3ccc(F)cc3)C(=O)O2)cc1. The maximum atomic E-state index is 12.9. The summed E-state index contributed by atoms with van der Waals surface area (Å²) in [6, 6.07) is 12.5. The number of carbonyl (C=O) groups is 2. The number of hydrogen-bond acceptors (Lipinski definition) is 4. The summed E-state index contributed by atoms with van der Waals surface area (Å²) >= 11 is 0. The van der Waals surface area contributed by atoms with Crippen LogP contribution in [0.2, 0.25) is 0 Å². The van der Waals surface area contributed by atoms with Gasteiger partial charge in [-0.1, -0.05) is 12.1 Å². The van der Waals surface area contributed by atoms with Gasteiger partial charge in [0.2, 0.25) is 11.8 Å². The number of aliphatic imine (C=N–C) groups is 1. The Morgan fingerprint density at radius 1 is 1.12 bits per heavy atom. The average molecular weight is 324 g/mol. The fourth-order valence-electron chi connectivity index (χ4n) is 2.15. The number of nitrogens with one attached hydrogen (secondary N) is 1. The highest BCUT2D eigenvalue weighted by atomic mass is 19.1. The van der Waals surface area contributed by atoms with E-state index in [1.54, 1.807) is 36.4 Å². The highest BCUT2D eigenvalue weighted by molar-refractivity contribution is 6.13. The predicted molar refractivity (Wildman–Crippen MR) is 87.8 cm³/mol. The van der Waals surface area contributed by atoms with Crippen LogP contribution in [0.25, 0.3) is 6.08 Å². The molecule has 1 N–H and O–H groups in total. The van der Waals surface area contributed by atoms with Crippen LogP contribution in [0, 0.1) is 5.82 Å². The summed E-state index contributed by atoms with van der Waals surface area (Å²) < 4.78 is 18.1. The fourth-order valence-corrected chi connectivity index (χ4v) is 2.15. The molecule has 0 saturated carbocycles. The van der Waals surface area contributed by atoms with Gasteiger partial charge in [-0.25, -0.2) is 14.2 Å². The lowest BCUT2D eigenvalue weighted by Crippen LogP contribution is -2.07. The molecule has 0 fully saturated rings. The van der Waals surface area contributed by atoms with Crippen molar-refractivity contribution < 1.29 is 18.7 Å². The van der Waals surface area contributed by atoms with Crippen LogP contribution in [0.3, 0.4) is 0 Å². The second-order valence-electron chi connectivity index (χ2n) is 5.15. The van der Waals surface area contributed by atoms with Crippen molar-refractivity contribution in [3.05, 3.63) is 71.2 Å². The zero-order chi connectivity index (χ0) is 17.1. The summed E-state index contributed by atoms with van der Waals surface area (Å²) in [5.41, 5.74) is 2.04. The van der Waals surface area contributed by atoms with Crippen LogP contribution < -0.4 is 5.32 Å². The van der Waals surface area contributed by atoms with Gasteiger partial charge in [-0.05, 0) is 48.0 Å². The number of halogens is 1. The summed E-state index contributed by atoms with van der Waals surface area (Å²) in [4.78, 5) is 27.1. The van der Waals surface area contributed by atoms with Crippen molar-refractivity contribution >= 4 is 29.5 Å². The van der Waals surface area contributed by atoms with Gasteiger partial charge in [-0.15, -0.1) is 0 Å². The van der Waals surface area contributed by atoms with Crippen LogP contribution in [0.5, 0.6) is 0 Å². The van der Waals surface area contributed by atoms with Crippen molar-refractivity contribution in [1.29, 1.82) is 0 Å². The van der Waals surface area contributed by atoms with Crippen molar-refractivity contribution in [2.24, 2.45) is 4.99 Å². The van der Waals surface area contributed by atoms with Gasteiger partial charge in [0.1, 0.15) is 5.82 Å². The Labute approximate surface area is 137 Å². The molecule has 0 atom stereocenters. The van der Waals surface area contributed by atoms with E-state index in [0.29, 0.717) is 16.8 Å². The first kappa shape index (κ1) is 15.6. The number of carbonyl (C=O) groups excluding carboxylic acids is 2. The number of rotatable bonds is 3. The van der Waals surface area contributed by atoms with E-state index in [1.165, 1.54) is 25.1 Å². The lowest BCUT2D eigenvalue weighted by Gasteiger charge is -2.03. The Bertz CT molecular complexity index is 853. The van der Waals surface area contributed by atoms with Crippen LogP contribution in [0.1, 0.15) is 18.1 Å². The second kappa shape index (κ2) is 6.45. The molecule has 1 aliphatic heterocycles. The highest BCUT2D eigenvalue weighted by Crippen LogP contribution is 2.20. The van der Waals surface area contributed by atoms with Gasteiger partial charge >= 0.3 is 5.97 Å². The van der Waals surface area contributed by atoms with E-state index in [0.717, 1.165) is 0 Å². The summed E-state index contributed by atoms with van der Waals surface area (Å²) in [5, 5.41) is 2.65. The summed E-state index contributed by atoms with van der Waals surface area (Å²) in [6.45, 7) is 1.42. The maximum absolute atomic E-state index is 12.9. The summed E-state index contributed by atoms with van der Waals surface area (Å²) in [7, 11) is 0. The van der Waals surface area contributed by atoms with Crippen LogP contribution in [0.15, 0.2) is 59.2 Å². The molecule has 0 radical (unpaired) electrons. The fraction of sp³-hybridized carbons (Fsp3) is 0.0556. The molecule has 1 amide bonds. The average Bonchev–Trinajstić information content (AvgIpc) is 2.91. The van der Waals surface area contributed by atoms with Gasteiger partial charge in [0.05, 0.1) is 0 Å². The van der Waals surface area contributed by atoms with Crippen molar-refractivity contribution in [3.8, 4) is 0 Å². The smallest absolute Gasteiger partial charge is 0.363 e. The molecule has 0 aromatic heterocycles. The number of benzene rings is 2. The van der Waals surface area contributed by atoms with Crippen LogP contribution in [0.4, 0.5) is 10.1 Å². The molecular weight excluding hydrogens is 311 g/mol. The number of hydrogen-bond donors (Lipinski definition) is 1. The minimum Gasteiger partial charge on any atom is -0.402 e. The Kier molecular flexibility index (Phi) is 4.20. The van der Waals surface area contributed by atoms with Crippen molar-refractivity contribution in [2.75, 3.05) is 5.32 Å². The Hall–Kier alpha value is -3.28. The maximum Gasteiger partial charge on any atom is 0.363 e. The number of cyclic esters (lactones) is 1. The molecule has 0 aliphatic carbocycles. The van der Waals surface area contributed by atoms with Gasteiger partial charge in [0.25, 0.3) is 0 Å². The van der Waals surface area contributed by atoms with Crippen LogP contribution in [-0.2, 0) is 14.3 Å². The monoisotopic (exact) mass is 324 g/mol. The molecule has 120 valence electrons. The molecule has 2 aromatic rings. The lowest BCUT2D eigenvalue weighted by molar-refractivity contribution is -0.129. The molecule has 0 bridgehead atoms. The Balaban J connectivity index is 1.83. The molecule has 5 nitrogen and oxygen atoms in total. The summed E-state index contributed by atoms with van der Waals surface area (Å²) in [5.74, 6) is -0.908. The largest absolute Gasteiger partial charge is 0.402 e. The molecule has 0 spiro atoms. The zero-order valence-corrected chi connectivity index (χ0v) is 12.7. The van der Waals surface area contributed by atoms with Gasteiger partial charge in [-0.2, -0.15) is 0 Å². The van der Waals surface area contributed by atoms with Gasteiger partial charge in [-0.3, -0.25) is 4.79 Å². The van der Waals surface area contributed by atoms with Gasteiger partial charge < -0.3 is 10.1 Å². The lowest BCUT2D eigenvalue weighted by atomic mass is 10.2. The number of ether oxygens (including phenoxy) is 1. The zero-order valence-electron chi connectivity index (χ0n) is 12.7. The summed E-state index contributed by atoms with van der Waals surface area (Å²) in [6.07, 6.45) is 1.53. The molecule has 1 heterocycles. The number of amides is 1. The van der Waals surface area contributed by atoms with E-state index in [4.69, 9.17) is 4.74 Å². The van der Waals surface area contributed by atoms with Gasteiger partial charge in [0, 0.05) is 18.2 Å². The molecule has 6 heteroatoms. The third kappa shape index (κ3) is 3.55. The Morgan fingerprint density at radius 3 is 2.42 bits per heavy atom. The van der Waals surface area contributed by atoms with Crippen molar-refractivity contribution in [1.82, 2.24) is 0 Å². The quantitative estimate of drug-likeness (QED) is 0.697. The number of nitrogens with zero attached hydrogens (tertiary/aromatic N) is 1. The topological polar surface area (TPSA) is 67.8 Å². The third-order valence-electron chi connectivity index (χ3n) is 3.25. The van der Waals surface area contributed by atoms with E-state index in [2.05, 4.69) is 10.3 Å². The molecule has 24 heavy (non-hydrogen) atoms.